The van der Waals surface area contributed by atoms with E-state index in [1.165, 1.54) is 27.9 Å². The Bertz CT molecular complexity index is 1710. The highest BCUT2D eigenvalue weighted by molar-refractivity contribution is 9.10. The summed E-state index contributed by atoms with van der Waals surface area (Å²) in [6.07, 6.45) is 1.84. The van der Waals surface area contributed by atoms with Crippen LogP contribution in [0.3, 0.4) is 0 Å². The minimum absolute atomic E-state index is 0.484. The van der Waals surface area contributed by atoms with Gasteiger partial charge in [0.15, 0.2) is 0 Å². The fourth-order valence-electron chi connectivity index (χ4n) is 6.02. The molecular formula is C36H25BrN2. The molecule has 0 atom stereocenters. The van der Waals surface area contributed by atoms with Gasteiger partial charge in [-0.05, 0) is 70.8 Å². The summed E-state index contributed by atoms with van der Waals surface area (Å²) in [6.45, 7) is 0. The lowest BCUT2D eigenvalue weighted by atomic mass is 9.62. The maximum atomic E-state index is 4.54. The number of aromatic nitrogens is 1. The number of fused-ring (bicyclic) bond motifs is 2. The Morgan fingerprint density at radius 1 is 0.538 bits per heavy atom. The maximum Gasteiger partial charge on any atom is 0.0742 e. The summed E-state index contributed by atoms with van der Waals surface area (Å²) in [6, 6.07) is 52.0. The van der Waals surface area contributed by atoms with Crippen LogP contribution >= 0.6 is 15.9 Å². The van der Waals surface area contributed by atoms with Gasteiger partial charge in [0.05, 0.1) is 22.5 Å². The van der Waals surface area contributed by atoms with Crippen LogP contribution in [0, 0.1) is 0 Å². The first kappa shape index (κ1) is 23.6. The van der Waals surface area contributed by atoms with E-state index in [9.17, 15) is 0 Å². The molecule has 5 aromatic carbocycles. The molecule has 0 saturated carbocycles. The first-order valence-corrected chi connectivity index (χ1v) is 13.9. The molecular weight excluding hydrogens is 540 g/mol. The van der Waals surface area contributed by atoms with Crippen LogP contribution in [0.15, 0.2) is 156 Å². The molecule has 3 heteroatoms. The molecule has 0 amide bonds. The largest absolute Gasteiger partial charge is 0.310 e. The van der Waals surface area contributed by atoms with Gasteiger partial charge in [0.2, 0.25) is 0 Å². The van der Waals surface area contributed by atoms with Crippen molar-refractivity contribution in [2.45, 2.75) is 5.41 Å². The number of benzene rings is 5. The molecule has 0 aliphatic carbocycles. The zero-order chi connectivity index (χ0) is 26.2. The standard InChI is InChI=1S/C36H25BrN2/c37-29-20-23-35-32(25-29)36(27-11-3-1-4-12-27,28-13-5-2-6-14-28)31-15-7-8-17-34(31)39(35)30-21-18-26(19-22-30)33-16-9-10-24-38-33/h1-25H. The number of anilines is 3. The molecule has 2 nitrogen and oxygen atoms in total. The number of hydrogen-bond acceptors (Lipinski definition) is 2. The number of para-hydroxylation sites is 1. The van der Waals surface area contributed by atoms with E-state index < -0.39 is 5.41 Å². The van der Waals surface area contributed by atoms with Crippen molar-refractivity contribution < 1.29 is 0 Å². The lowest BCUT2D eigenvalue weighted by Gasteiger charge is -2.46. The molecule has 0 unspecified atom stereocenters. The van der Waals surface area contributed by atoms with Crippen LogP contribution in [0.2, 0.25) is 0 Å². The molecule has 186 valence electrons. The highest BCUT2D eigenvalue weighted by atomic mass is 79.9. The van der Waals surface area contributed by atoms with Gasteiger partial charge in [-0.15, -0.1) is 0 Å². The molecule has 1 aromatic heterocycles. The molecule has 1 aliphatic rings. The van der Waals surface area contributed by atoms with E-state index in [4.69, 9.17) is 0 Å². The topological polar surface area (TPSA) is 16.1 Å². The predicted octanol–water partition coefficient (Wildman–Crippen LogP) is 9.68. The molecule has 2 heterocycles. The average Bonchev–Trinajstić information content (AvgIpc) is 3.01. The lowest BCUT2D eigenvalue weighted by molar-refractivity contribution is 0.730. The first-order chi connectivity index (χ1) is 19.3. The van der Waals surface area contributed by atoms with Crippen LogP contribution in [-0.4, -0.2) is 4.98 Å². The van der Waals surface area contributed by atoms with Gasteiger partial charge in [-0.25, -0.2) is 0 Å². The van der Waals surface area contributed by atoms with E-state index in [-0.39, 0.29) is 0 Å². The first-order valence-electron chi connectivity index (χ1n) is 13.1. The van der Waals surface area contributed by atoms with Crippen molar-refractivity contribution in [1.29, 1.82) is 0 Å². The second-order valence-corrected chi connectivity index (χ2v) is 10.7. The fraction of sp³-hybridized carbons (Fsp3) is 0.0278. The van der Waals surface area contributed by atoms with Gasteiger partial charge >= 0.3 is 0 Å². The molecule has 0 saturated heterocycles. The lowest BCUT2D eigenvalue weighted by Crippen LogP contribution is -2.37. The molecule has 1 aliphatic heterocycles. The highest BCUT2D eigenvalue weighted by Gasteiger charge is 2.46. The van der Waals surface area contributed by atoms with Gasteiger partial charge < -0.3 is 4.90 Å². The Labute approximate surface area is 237 Å². The van der Waals surface area contributed by atoms with Crippen molar-refractivity contribution in [2.75, 3.05) is 4.90 Å². The van der Waals surface area contributed by atoms with E-state index >= 15 is 0 Å². The van der Waals surface area contributed by atoms with E-state index in [1.54, 1.807) is 0 Å². The molecule has 0 N–H and O–H groups in total. The van der Waals surface area contributed by atoms with E-state index in [1.807, 2.05) is 24.4 Å². The molecule has 7 rings (SSSR count). The Balaban J connectivity index is 1.52. The number of nitrogens with zero attached hydrogens (tertiary/aromatic N) is 2. The van der Waals surface area contributed by atoms with E-state index in [0.717, 1.165) is 27.1 Å². The summed E-state index contributed by atoms with van der Waals surface area (Å²) in [5, 5.41) is 0. The van der Waals surface area contributed by atoms with Gasteiger partial charge in [-0.1, -0.05) is 113 Å². The van der Waals surface area contributed by atoms with Crippen LogP contribution in [0.25, 0.3) is 11.3 Å². The van der Waals surface area contributed by atoms with Crippen molar-refractivity contribution in [3.05, 3.63) is 179 Å². The maximum absolute atomic E-state index is 4.54. The fourth-order valence-corrected chi connectivity index (χ4v) is 6.38. The van der Waals surface area contributed by atoms with Crippen LogP contribution in [-0.2, 0) is 5.41 Å². The van der Waals surface area contributed by atoms with Crippen molar-refractivity contribution in [2.24, 2.45) is 0 Å². The summed E-state index contributed by atoms with van der Waals surface area (Å²) < 4.78 is 1.06. The molecule has 0 spiro atoms. The Morgan fingerprint density at radius 2 is 1.15 bits per heavy atom. The SMILES string of the molecule is Brc1ccc2c(c1)C(c1ccccc1)(c1ccccc1)c1ccccc1N2c1ccc(-c2ccccn2)cc1. The van der Waals surface area contributed by atoms with Crippen molar-refractivity contribution in [3.63, 3.8) is 0 Å². The summed E-state index contributed by atoms with van der Waals surface area (Å²) in [5.41, 5.74) is 10.0. The van der Waals surface area contributed by atoms with Crippen molar-refractivity contribution in [1.82, 2.24) is 4.98 Å². The molecule has 0 radical (unpaired) electrons. The molecule has 6 aromatic rings. The number of halogens is 1. The number of rotatable bonds is 4. The van der Waals surface area contributed by atoms with Crippen LogP contribution in [0.5, 0.6) is 0 Å². The zero-order valence-electron chi connectivity index (χ0n) is 21.2. The summed E-state index contributed by atoms with van der Waals surface area (Å²) >= 11 is 3.81. The molecule has 0 bridgehead atoms. The van der Waals surface area contributed by atoms with Crippen LogP contribution < -0.4 is 4.90 Å². The summed E-state index contributed by atoms with van der Waals surface area (Å²) in [7, 11) is 0. The van der Waals surface area contributed by atoms with Crippen molar-refractivity contribution in [3.8, 4) is 11.3 Å². The Morgan fingerprint density at radius 3 is 1.82 bits per heavy atom. The Kier molecular flexibility index (Phi) is 5.87. The van der Waals surface area contributed by atoms with Crippen LogP contribution in [0.4, 0.5) is 17.1 Å². The predicted molar refractivity (Wildman–Crippen MR) is 164 cm³/mol. The number of pyridine rings is 1. The Hall–Kier alpha value is -4.47. The third-order valence-electron chi connectivity index (χ3n) is 7.65. The average molecular weight is 566 g/mol. The van der Waals surface area contributed by atoms with Gasteiger partial charge in [0.1, 0.15) is 0 Å². The number of hydrogen-bond donors (Lipinski definition) is 0. The summed E-state index contributed by atoms with van der Waals surface area (Å²) in [4.78, 5) is 6.93. The van der Waals surface area contributed by atoms with Crippen molar-refractivity contribution >= 4 is 33.0 Å². The van der Waals surface area contributed by atoms with Gasteiger partial charge in [0.25, 0.3) is 0 Å². The summed E-state index contributed by atoms with van der Waals surface area (Å²) in [5.74, 6) is 0. The van der Waals surface area contributed by atoms with Gasteiger partial charge in [-0.2, -0.15) is 0 Å². The van der Waals surface area contributed by atoms with Crippen LogP contribution in [0.1, 0.15) is 22.3 Å². The second kappa shape index (κ2) is 9.68. The minimum Gasteiger partial charge on any atom is -0.310 e. The normalized spacial score (nSPS) is 13.4. The van der Waals surface area contributed by atoms with E-state index in [0.29, 0.717) is 0 Å². The molecule has 39 heavy (non-hydrogen) atoms. The third kappa shape index (κ3) is 3.81. The van der Waals surface area contributed by atoms with E-state index in [2.05, 4.69) is 153 Å². The highest BCUT2D eigenvalue weighted by Crippen LogP contribution is 2.57. The zero-order valence-corrected chi connectivity index (χ0v) is 22.8. The smallest absolute Gasteiger partial charge is 0.0742 e. The third-order valence-corrected chi connectivity index (χ3v) is 8.15. The van der Waals surface area contributed by atoms with Gasteiger partial charge in [-0.3, -0.25) is 4.98 Å². The quantitative estimate of drug-likeness (QED) is 0.211. The van der Waals surface area contributed by atoms with Gasteiger partial charge in [0, 0.05) is 21.9 Å². The minimum atomic E-state index is -0.484. The molecule has 0 fully saturated rings. The monoisotopic (exact) mass is 564 g/mol. The second-order valence-electron chi connectivity index (χ2n) is 9.76.